The maximum absolute atomic E-state index is 14.3. The Bertz CT molecular complexity index is 876. The smallest absolute Gasteiger partial charge is 0.260 e. The Kier molecular flexibility index (Phi) is 5.34. The Balaban J connectivity index is 2.09. The van der Waals surface area contributed by atoms with E-state index in [9.17, 15) is 14.0 Å². The van der Waals surface area contributed by atoms with Crippen molar-refractivity contribution in [3.63, 3.8) is 0 Å². The number of carbonyl (C=O) groups excluding carboxylic acids is 2. The first-order valence-corrected chi connectivity index (χ1v) is 8.56. The number of halogens is 3. The third kappa shape index (κ3) is 3.22. The van der Waals surface area contributed by atoms with Gasteiger partial charge < -0.3 is 15.0 Å². The molecule has 0 radical (unpaired) electrons. The lowest BCUT2D eigenvalue weighted by Gasteiger charge is -2.35. The lowest BCUT2D eigenvalue weighted by atomic mass is 10.00. The van der Waals surface area contributed by atoms with Crippen LogP contribution in [0.15, 0.2) is 36.4 Å². The standard InChI is InChI=1S/C18H15Cl2FN2O3/c1-26-16-12(20)7-6-11(19)14(16)18(25)23-9-8-22-17(24)15(23)10-4-2-3-5-13(10)21/h2-7,15H,8-9H2,1H3,(H,22,24). The number of benzene rings is 2. The second-order valence-electron chi connectivity index (χ2n) is 5.65. The molecule has 2 aromatic carbocycles. The number of hydrogen-bond acceptors (Lipinski definition) is 3. The number of ether oxygens (including phenoxy) is 1. The average molecular weight is 397 g/mol. The molecule has 1 heterocycles. The molecule has 1 N–H and O–H groups in total. The van der Waals surface area contributed by atoms with E-state index < -0.39 is 23.7 Å². The molecule has 26 heavy (non-hydrogen) atoms. The molecule has 0 spiro atoms. The van der Waals surface area contributed by atoms with Crippen molar-refractivity contribution in [1.29, 1.82) is 0 Å². The van der Waals surface area contributed by atoms with Crippen LogP contribution in [0.1, 0.15) is 22.0 Å². The molecule has 0 bridgehead atoms. The summed E-state index contributed by atoms with van der Waals surface area (Å²) in [4.78, 5) is 26.9. The maximum atomic E-state index is 14.3. The monoisotopic (exact) mass is 396 g/mol. The topological polar surface area (TPSA) is 58.6 Å². The van der Waals surface area contributed by atoms with Crippen LogP contribution in [0.5, 0.6) is 5.75 Å². The van der Waals surface area contributed by atoms with Crippen LogP contribution in [0.25, 0.3) is 0 Å². The zero-order chi connectivity index (χ0) is 18.8. The molecule has 1 saturated heterocycles. The van der Waals surface area contributed by atoms with Crippen LogP contribution in [-0.4, -0.2) is 36.9 Å². The highest BCUT2D eigenvalue weighted by Crippen LogP contribution is 2.37. The van der Waals surface area contributed by atoms with Gasteiger partial charge in [-0.25, -0.2) is 4.39 Å². The van der Waals surface area contributed by atoms with Crippen LogP contribution >= 0.6 is 23.2 Å². The first kappa shape index (κ1) is 18.5. The van der Waals surface area contributed by atoms with E-state index in [2.05, 4.69) is 5.32 Å². The van der Waals surface area contributed by atoms with Gasteiger partial charge in [0.25, 0.3) is 5.91 Å². The predicted molar refractivity (Wildman–Crippen MR) is 96.2 cm³/mol. The van der Waals surface area contributed by atoms with Crippen molar-refractivity contribution in [3.8, 4) is 5.75 Å². The molecular weight excluding hydrogens is 382 g/mol. The molecule has 3 rings (SSSR count). The summed E-state index contributed by atoms with van der Waals surface area (Å²) in [6.45, 7) is 0.436. The number of hydrogen-bond donors (Lipinski definition) is 1. The number of amides is 2. The van der Waals surface area contributed by atoms with E-state index in [4.69, 9.17) is 27.9 Å². The highest BCUT2D eigenvalue weighted by atomic mass is 35.5. The Hall–Kier alpha value is -2.31. The van der Waals surface area contributed by atoms with Gasteiger partial charge in [0.15, 0.2) is 5.75 Å². The Labute approximate surface area is 159 Å². The summed E-state index contributed by atoms with van der Waals surface area (Å²) in [5, 5.41) is 3.00. The van der Waals surface area contributed by atoms with Crippen molar-refractivity contribution in [2.45, 2.75) is 6.04 Å². The van der Waals surface area contributed by atoms with Gasteiger partial charge in [0.1, 0.15) is 17.4 Å². The minimum atomic E-state index is -1.11. The average Bonchev–Trinajstić information content (AvgIpc) is 2.63. The summed E-state index contributed by atoms with van der Waals surface area (Å²) in [5.41, 5.74) is 0.146. The third-order valence-electron chi connectivity index (χ3n) is 4.15. The van der Waals surface area contributed by atoms with Crippen LogP contribution in [0.3, 0.4) is 0 Å². The van der Waals surface area contributed by atoms with Crippen LogP contribution in [0, 0.1) is 5.82 Å². The minimum absolute atomic E-state index is 0.0395. The molecule has 1 atom stereocenters. The lowest BCUT2D eigenvalue weighted by molar-refractivity contribution is -0.128. The fourth-order valence-corrected chi connectivity index (χ4v) is 3.43. The largest absolute Gasteiger partial charge is 0.494 e. The number of carbonyl (C=O) groups is 2. The molecule has 0 saturated carbocycles. The normalized spacial score (nSPS) is 17.0. The summed E-state index contributed by atoms with van der Waals surface area (Å²) in [7, 11) is 1.37. The Morgan fingerprint density at radius 2 is 1.92 bits per heavy atom. The van der Waals surface area contributed by atoms with Gasteiger partial charge in [0.2, 0.25) is 5.91 Å². The van der Waals surface area contributed by atoms with Crippen molar-refractivity contribution in [2.75, 3.05) is 20.2 Å². The van der Waals surface area contributed by atoms with E-state index in [1.165, 1.54) is 42.3 Å². The van der Waals surface area contributed by atoms with E-state index >= 15 is 0 Å². The highest BCUT2D eigenvalue weighted by Gasteiger charge is 2.38. The zero-order valence-electron chi connectivity index (χ0n) is 13.8. The third-order valence-corrected chi connectivity index (χ3v) is 4.76. The fourth-order valence-electron chi connectivity index (χ4n) is 2.97. The van der Waals surface area contributed by atoms with Crippen molar-refractivity contribution < 1.29 is 18.7 Å². The van der Waals surface area contributed by atoms with Crippen LogP contribution in [-0.2, 0) is 4.79 Å². The van der Waals surface area contributed by atoms with Crippen molar-refractivity contribution in [1.82, 2.24) is 10.2 Å². The van der Waals surface area contributed by atoms with Gasteiger partial charge >= 0.3 is 0 Å². The molecular formula is C18H15Cl2FN2O3. The van der Waals surface area contributed by atoms with Crippen molar-refractivity contribution in [2.24, 2.45) is 0 Å². The van der Waals surface area contributed by atoms with Gasteiger partial charge in [-0.15, -0.1) is 0 Å². The van der Waals surface area contributed by atoms with Gasteiger partial charge in [-0.05, 0) is 18.2 Å². The second-order valence-corrected chi connectivity index (χ2v) is 6.47. The number of methoxy groups -OCH3 is 1. The van der Waals surface area contributed by atoms with E-state index in [0.717, 1.165) is 0 Å². The number of rotatable bonds is 3. The Morgan fingerprint density at radius 1 is 1.23 bits per heavy atom. The van der Waals surface area contributed by atoms with Gasteiger partial charge in [0.05, 0.1) is 17.2 Å². The van der Waals surface area contributed by atoms with Gasteiger partial charge in [0, 0.05) is 18.7 Å². The molecule has 1 fully saturated rings. The lowest BCUT2D eigenvalue weighted by Crippen LogP contribution is -2.52. The molecule has 0 aromatic heterocycles. The molecule has 5 nitrogen and oxygen atoms in total. The number of nitrogens with zero attached hydrogens (tertiary/aromatic N) is 1. The maximum Gasteiger partial charge on any atom is 0.260 e. The number of piperazine rings is 1. The van der Waals surface area contributed by atoms with Gasteiger partial charge in [-0.2, -0.15) is 0 Å². The highest BCUT2D eigenvalue weighted by molar-refractivity contribution is 6.37. The van der Waals surface area contributed by atoms with E-state index in [1.54, 1.807) is 6.07 Å². The molecule has 1 aliphatic rings. The quantitative estimate of drug-likeness (QED) is 0.863. The fraction of sp³-hybridized carbons (Fsp3) is 0.222. The van der Waals surface area contributed by atoms with E-state index in [-0.39, 0.29) is 40.0 Å². The molecule has 1 unspecified atom stereocenters. The predicted octanol–water partition coefficient (Wildman–Crippen LogP) is 3.45. The summed E-state index contributed by atoms with van der Waals surface area (Å²) in [5.74, 6) is -1.48. The molecule has 0 aliphatic carbocycles. The van der Waals surface area contributed by atoms with E-state index in [0.29, 0.717) is 0 Å². The summed E-state index contributed by atoms with van der Waals surface area (Å²) >= 11 is 12.3. The molecule has 2 aromatic rings. The zero-order valence-corrected chi connectivity index (χ0v) is 15.3. The molecule has 8 heteroatoms. The summed E-state index contributed by atoms with van der Waals surface area (Å²) in [6.07, 6.45) is 0. The van der Waals surface area contributed by atoms with Crippen molar-refractivity contribution >= 4 is 35.0 Å². The Morgan fingerprint density at radius 3 is 2.62 bits per heavy atom. The minimum Gasteiger partial charge on any atom is -0.494 e. The van der Waals surface area contributed by atoms with Gasteiger partial charge in [-0.3, -0.25) is 9.59 Å². The first-order chi connectivity index (χ1) is 12.5. The summed E-state index contributed by atoms with van der Waals surface area (Å²) < 4.78 is 19.5. The van der Waals surface area contributed by atoms with Crippen LogP contribution in [0.2, 0.25) is 10.0 Å². The van der Waals surface area contributed by atoms with Crippen LogP contribution < -0.4 is 10.1 Å². The first-order valence-electron chi connectivity index (χ1n) is 7.80. The van der Waals surface area contributed by atoms with E-state index in [1.807, 2.05) is 0 Å². The van der Waals surface area contributed by atoms with Gasteiger partial charge in [-0.1, -0.05) is 41.4 Å². The number of nitrogens with one attached hydrogen (secondary N) is 1. The SMILES string of the molecule is COc1c(Cl)ccc(Cl)c1C(=O)N1CCNC(=O)C1c1ccccc1F. The molecule has 1 aliphatic heterocycles. The molecule has 2 amide bonds. The van der Waals surface area contributed by atoms with Crippen molar-refractivity contribution in [3.05, 3.63) is 63.4 Å². The van der Waals surface area contributed by atoms with Crippen LogP contribution in [0.4, 0.5) is 4.39 Å². The molecule has 136 valence electrons. The summed E-state index contributed by atoms with van der Waals surface area (Å²) in [6, 6.07) is 7.71. The second kappa shape index (κ2) is 7.51.